The van der Waals surface area contributed by atoms with Crippen LogP contribution >= 0.6 is 0 Å². The molecule has 0 radical (unpaired) electrons. The number of anilines is 2. The molecule has 88 valence electrons. The first-order valence-electron chi connectivity index (χ1n) is 5.09. The summed E-state index contributed by atoms with van der Waals surface area (Å²) in [6.45, 7) is 1.96. The highest BCUT2D eigenvalue weighted by Gasteiger charge is 2.12. The van der Waals surface area contributed by atoms with Gasteiger partial charge in [0, 0.05) is 6.42 Å². The van der Waals surface area contributed by atoms with Crippen molar-refractivity contribution in [2.45, 2.75) is 26.2 Å². The third kappa shape index (κ3) is 2.92. The van der Waals surface area contributed by atoms with Gasteiger partial charge < -0.3 is 11.1 Å². The van der Waals surface area contributed by atoms with Gasteiger partial charge in [-0.1, -0.05) is 13.3 Å². The molecule has 1 amide bonds. The molecular weight excluding hydrogens is 214 g/mol. The van der Waals surface area contributed by atoms with Gasteiger partial charge in [0.1, 0.15) is 0 Å². The molecule has 3 N–H and O–H groups in total. The molecule has 16 heavy (non-hydrogen) atoms. The molecular formula is C11H14F2N2O. The predicted molar refractivity (Wildman–Crippen MR) is 58.9 cm³/mol. The fraction of sp³-hybridized carbons (Fsp3) is 0.364. The summed E-state index contributed by atoms with van der Waals surface area (Å²) in [7, 11) is 0. The second-order valence-corrected chi connectivity index (χ2v) is 3.47. The first-order valence-corrected chi connectivity index (χ1v) is 5.09. The van der Waals surface area contributed by atoms with Crippen molar-refractivity contribution in [1.29, 1.82) is 0 Å². The van der Waals surface area contributed by atoms with Crippen LogP contribution in [0, 0.1) is 11.6 Å². The van der Waals surface area contributed by atoms with Gasteiger partial charge in [0.15, 0.2) is 11.6 Å². The van der Waals surface area contributed by atoms with Gasteiger partial charge in [-0.15, -0.1) is 0 Å². The molecule has 3 nitrogen and oxygen atoms in total. The molecule has 5 heteroatoms. The monoisotopic (exact) mass is 228 g/mol. The Balaban J connectivity index is 2.74. The van der Waals surface area contributed by atoms with Gasteiger partial charge in [0.05, 0.1) is 11.4 Å². The molecule has 0 bridgehead atoms. The van der Waals surface area contributed by atoms with Crippen LogP contribution in [0.5, 0.6) is 0 Å². The quantitative estimate of drug-likeness (QED) is 0.778. The summed E-state index contributed by atoms with van der Waals surface area (Å²) in [6, 6.07) is 2.18. The number of unbranched alkanes of at least 4 members (excludes halogenated alkanes) is 1. The van der Waals surface area contributed by atoms with E-state index < -0.39 is 11.6 Å². The van der Waals surface area contributed by atoms with Crippen LogP contribution in [0.4, 0.5) is 20.2 Å². The molecule has 0 atom stereocenters. The number of benzene rings is 1. The Kier molecular flexibility index (Phi) is 4.22. The van der Waals surface area contributed by atoms with Crippen molar-refractivity contribution < 1.29 is 13.6 Å². The number of carbonyl (C=O) groups excluding carboxylic acids is 1. The van der Waals surface area contributed by atoms with E-state index in [1.165, 1.54) is 6.07 Å². The Morgan fingerprint density at radius 3 is 2.75 bits per heavy atom. The lowest BCUT2D eigenvalue weighted by Gasteiger charge is -2.08. The third-order valence-corrected chi connectivity index (χ3v) is 2.16. The number of nitrogen functional groups attached to an aromatic ring is 1. The van der Waals surface area contributed by atoms with Crippen molar-refractivity contribution in [3.8, 4) is 0 Å². The van der Waals surface area contributed by atoms with Crippen LogP contribution in [0.1, 0.15) is 26.2 Å². The molecule has 0 saturated heterocycles. The number of halogens is 2. The molecule has 1 aromatic rings. The van der Waals surface area contributed by atoms with E-state index in [9.17, 15) is 13.6 Å². The van der Waals surface area contributed by atoms with E-state index in [0.29, 0.717) is 6.42 Å². The minimum Gasteiger partial charge on any atom is -0.395 e. The molecule has 0 aliphatic rings. The minimum absolute atomic E-state index is 0.111. The molecule has 0 unspecified atom stereocenters. The molecule has 0 saturated carbocycles. The smallest absolute Gasteiger partial charge is 0.224 e. The average molecular weight is 228 g/mol. The molecule has 0 aliphatic carbocycles. The van der Waals surface area contributed by atoms with Crippen molar-refractivity contribution in [2.75, 3.05) is 11.1 Å². The van der Waals surface area contributed by atoms with Crippen molar-refractivity contribution in [3.05, 3.63) is 23.8 Å². The second-order valence-electron chi connectivity index (χ2n) is 3.47. The van der Waals surface area contributed by atoms with Crippen molar-refractivity contribution >= 4 is 17.3 Å². The fourth-order valence-electron chi connectivity index (χ4n) is 1.23. The molecule has 1 rings (SSSR count). The number of amides is 1. The zero-order valence-corrected chi connectivity index (χ0v) is 9.02. The Hall–Kier alpha value is -1.65. The fourth-order valence-corrected chi connectivity index (χ4v) is 1.23. The molecule has 0 spiro atoms. The number of rotatable bonds is 4. The van der Waals surface area contributed by atoms with Gasteiger partial charge in [0.2, 0.25) is 5.91 Å². The zero-order chi connectivity index (χ0) is 12.1. The van der Waals surface area contributed by atoms with Gasteiger partial charge in [0.25, 0.3) is 0 Å². The van der Waals surface area contributed by atoms with Gasteiger partial charge >= 0.3 is 0 Å². The Morgan fingerprint density at radius 2 is 2.12 bits per heavy atom. The van der Waals surface area contributed by atoms with Crippen LogP contribution in [0.15, 0.2) is 12.1 Å². The van der Waals surface area contributed by atoms with Crippen LogP contribution in [0.3, 0.4) is 0 Å². The van der Waals surface area contributed by atoms with Crippen molar-refractivity contribution in [3.63, 3.8) is 0 Å². The summed E-state index contributed by atoms with van der Waals surface area (Å²) in [5.41, 5.74) is 5.07. The number of hydrogen-bond acceptors (Lipinski definition) is 2. The van der Waals surface area contributed by atoms with E-state index in [4.69, 9.17) is 5.73 Å². The van der Waals surface area contributed by atoms with Crippen LogP contribution in [-0.2, 0) is 4.79 Å². The van der Waals surface area contributed by atoms with Crippen molar-refractivity contribution in [1.82, 2.24) is 0 Å². The van der Waals surface area contributed by atoms with E-state index in [1.807, 2.05) is 6.92 Å². The number of nitrogens with one attached hydrogen (secondary N) is 1. The lowest BCUT2D eigenvalue weighted by atomic mass is 10.2. The van der Waals surface area contributed by atoms with Gasteiger partial charge in [-0.3, -0.25) is 4.79 Å². The average Bonchev–Trinajstić information content (AvgIpc) is 2.27. The van der Waals surface area contributed by atoms with Gasteiger partial charge in [-0.05, 0) is 18.6 Å². The summed E-state index contributed by atoms with van der Waals surface area (Å²) in [6.07, 6.45) is 1.98. The molecule has 0 fully saturated rings. The topological polar surface area (TPSA) is 55.1 Å². The summed E-state index contributed by atoms with van der Waals surface area (Å²) in [5.74, 6) is -2.41. The number of carbonyl (C=O) groups is 1. The van der Waals surface area contributed by atoms with Gasteiger partial charge in [-0.2, -0.15) is 0 Å². The van der Waals surface area contributed by atoms with Crippen molar-refractivity contribution in [2.24, 2.45) is 0 Å². The summed E-state index contributed by atoms with van der Waals surface area (Å²) < 4.78 is 25.8. The Bertz CT molecular complexity index is 394. The van der Waals surface area contributed by atoms with E-state index in [2.05, 4.69) is 5.32 Å². The highest BCUT2D eigenvalue weighted by Crippen LogP contribution is 2.23. The lowest BCUT2D eigenvalue weighted by molar-refractivity contribution is -0.116. The minimum atomic E-state index is -1.13. The van der Waals surface area contributed by atoms with E-state index in [0.717, 1.165) is 18.9 Å². The highest BCUT2D eigenvalue weighted by atomic mass is 19.2. The van der Waals surface area contributed by atoms with E-state index in [1.54, 1.807) is 0 Å². The largest absolute Gasteiger partial charge is 0.395 e. The highest BCUT2D eigenvalue weighted by molar-refractivity contribution is 5.93. The first-order chi connectivity index (χ1) is 7.56. The maximum absolute atomic E-state index is 13.0. The van der Waals surface area contributed by atoms with Crippen LogP contribution in [0.2, 0.25) is 0 Å². The summed E-state index contributed by atoms with van der Waals surface area (Å²) in [4.78, 5) is 11.3. The standard InChI is InChI=1S/C11H14F2N2O/c1-2-3-4-9(16)15-8-6-5-7(12)10(13)11(8)14/h5-6H,2-4,14H2,1H3,(H,15,16). The maximum Gasteiger partial charge on any atom is 0.224 e. The third-order valence-electron chi connectivity index (χ3n) is 2.16. The summed E-state index contributed by atoms with van der Waals surface area (Å²) in [5, 5.41) is 2.44. The first kappa shape index (κ1) is 12.4. The Labute approximate surface area is 92.6 Å². The number of hydrogen-bond donors (Lipinski definition) is 2. The Morgan fingerprint density at radius 1 is 1.44 bits per heavy atom. The van der Waals surface area contributed by atoms with E-state index >= 15 is 0 Å². The zero-order valence-electron chi connectivity index (χ0n) is 9.02. The molecule has 1 aromatic carbocycles. The lowest BCUT2D eigenvalue weighted by Crippen LogP contribution is -2.13. The van der Waals surface area contributed by atoms with E-state index in [-0.39, 0.29) is 17.3 Å². The SMILES string of the molecule is CCCCC(=O)Nc1ccc(F)c(F)c1N. The van der Waals surface area contributed by atoms with Gasteiger partial charge in [-0.25, -0.2) is 8.78 Å². The van der Waals surface area contributed by atoms with Crippen LogP contribution in [-0.4, -0.2) is 5.91 Å². The maximum atomic E-state index is 13.0. The molecule has 0 heterocycles. The normalized spacial score (nSPS) is 10.2. The number of nitrogens with two attached hydrogens (primary N) is 1. The second kappa shape index (κ2) is 5.44. The summed E-state index contributed by atoms with van der Waals surface area (Å²) >= 11 is 0. The molecule has 0 aliphatic heterocycles. The van der Waals surface area contributed by atoms with Crippen LogP contribution < -0.4 is 11.1 Å². The predicted octanol–water partition coefficient (Wildman–Crippen LogP) is 2.68. The molecule has 0 aromatic heterocycles. The van der Waals surface area contributed by atoms with Crippen LogP contribution in [0.25, 0.3) is 0 Å².